The summed E-state index contributed by atoms with van der Waals surface area (Å²) in [5, 5.41) is 9.42. The van der Waals surface area contributed by atoms with Crippen LogP contribution in [-0.4, -0.2) is 35.2 Å². The fourth-order valence-corrected chi connectivity index (χ4v) is 3.51. The standard InChI is InChI=1S/C16H22BrNO3/c1-3-13(18-9-5-6-14(18)16(19)20)12-10-11(17)7-8-15(12)21-4-2/h7-8,10,13-14H,3-6,9H2,1-2H3,(H,19,20). The zero-order valence-electron chi connectivity index (χ0n) is 12.5. The monoisotopic (exact) mass is 355 g/mol. The molecule has 0 radical (unpaired) electrons. The summed E-state index contributed by atoms with van der Waals surface area (Å²) in [7, 11) is 0. The van der Waals surface area contributed by atoms with Crippen molar-refractivity contribution >= 4 is 21.9 Å². The normalized spacial score (nSPS) is 20.4. The number of likely N-dealkylation sites (tertiary alicyclic amines) is 1. The summed E-state index contributed by atoms with van der Waals surface area (Å²) in [5.41, 5.74) is 1.07. The van der Waals surface area contributed by atoms with Crippen molar-refractivity contribution in [3.8, 4) is 5.75 Å². The first-order valence-electron chi connectivity index (χ1n) is 7.49. The number of carboxylic acid groups (broad SMARTS) is 1. The third-order valence-corrected chi connectivity index (χ3v) is 4.49. The molecule has 21 heavy (non-hydrogen) atoms. The number of ether oxygens (including phenoxy) is 1. The molecular weight excluding hydrogens is 334 g/mol. The Balaban J connectivity index is 2.36. The lowest BCUT2D eigenvalue weighted by Gasteiger charge is -2.32. The summed E-state index contributed by atoms with van der Waals surface area (Å²) in [5.74, 6) is 0.127. The number of nitrogens with zero attached hydrogens (tertiary/aromatic N) is 1. The van der Waals surface area contributed by atoms with E-state index < -0.39 is 5.97 Å². The highest BCUT2D eigenvalue weighted by atomic mass is 79.9. The molecule has 1 aliphatic heterocycles. The summed E-state index contributed by atoms with van der Waals surface area (Å²) >= 11 is 3.51. The van der Waals surface area contributed by atoms with Gasteiger partial charge in [0.1, 0.15) is 11.8 Å². The summed E-state index contributed by atoms with van der Waals surface area (Å²) in [4.78, 5) is 13.6. The summed E-state index contributed by atoms with van der Waals surface area (Å²) in [6.07, 6.45) is 2.52. The Labute approximate surface area is 134 Å². The van der Waals surface area contributed by atoms with Crippen LogP contribution in [0.2, 0.25) is 0 Å². The third kappa shape index (κ3) is 3.58. The van der Waals surface area contributed by atoms with Crippen molar-refractivity contribution in [1.82, 2.24) is 4.90 Å². The highest BCUT2D eigenvalue weighted by Gasteiger charge is 2.36. The van der Waals surface area contributed by atoms with Crippen LogP contribution >= 0.6 is 15.9 Å². The maximum absolute atomic E-state index is 11.5. The molecule has 0 aliphatic carbocycles. The van der Waals surface area contributed by atoms with Crippen LogP contribution in [0.25, 0.3) is 0 Å². The topological polar surface area (TPSA) is 49.8 Å². The first-order chi connectivity index (χ1) is 10.1. The number of aliphatic carboxylic acids is 1. The Morgan fingerprint density at radius 2 is 2.29 bits per heavy atom. The largest absolute Gasteiger partial charge is 0.494 e. The average molecular weight is 356 g/mol. The summed E-state index contributed by atoms with van der Waals surface area (Å²) in [6, 6.07) is 5.66. The third-order valence-electron chi connectivity index (χ3n) is 4.00. The molecular formula is C16H22BrNO3. The molecule has 1 fully saturated rings. The maximum Gasteiger partial charge on any atom is 0.320 e. The molecule has 2 rings (SSSR count). The first-order valence-corrected chi connectivity index (χ1v) is 8.28. The average Bonchev–Trinajstić information content (AvgIpc) is 2.92. The lowest BCUT2D eigenvalue weighted by Crippen LogP contribution is -2.38. The van der Waals surface area contributed by atoms with E-state index >= 15 is 0 Å². The van der Waals surface area contributed by atoms with Crippen LogP contribution in [0.3, 0.4) is 0 Å². The second-order valence-electron chi connectivity index (χ2n) is 5.27. The highest BCUT2D eigenvalue weighted by molar-refractivity contribution is 9.10. The number of rotatable bonds is 6. The van der Waals surface area contributed by atoms with Crippen molar-refractivity contribution in [3.05, 3.63) is 28.2 Å². The molecule has 0 amide bonds. The molecule has 1 aliphatic rings. The minimum Gasteiger partial charge on any atom is -0.494 e. The molecule has 0 spiro atoms. The maximum atomic E-state index is 11.5. The van der Waals surface area contributed by atoms with Crippen LogP contribution in [-0.2, 0) is 4.79 Å². The van der Waals surface area contributed by atoms with Gasteiger partial charge in [-0.1, -0.05) is 22.9 Å². The van der Waals surface area contributed by atoms with Crippen molar-refractivity contribution < 1.29 is 14.6 Å². The molecule has 116 valence electrons. The van der Waals surface area contributed by atoms with Gasteiger partial charge in [0.05, 0.1) is 6.61 Å². The zero-order chi connectivity index (χ0) is 15.4. The van der Waals surface area contributed by atoms with Gasteiger partial charge in [-0.25, -0.2) is 0 Å². The van der Waals surface area contributed by atoms with Gasteiger partial charge in [-0.05, 0) is 50.9 Å². The van der Waals surface area contributed by atoms with E-state index in [-0.39, 0.29) is 12.1 Å². The van der Waals surface area contributed by atoms with Crippen molar-refractivity contribution in [2.24, 2.45) is 0 Å². The van der Waals surface area contributed by atoms with Gasteiger partial charge >= 0.3 is 5.97 Å². The van der Waals surface area contributed by atoms with Gasteiger partial charge in [-0.3, -0.25) is 9.69 Å². The van der Waals surface area contributed by atoms with E-state index in [9.17, 15) is 9.90 Å². The molecule has 2 atom stereocenters. The Bertz CT molecular complexity index is 506. The minimum atomic E-state index is -0.723. The number of carbonyl (C=O) groups is 1. The molecule has 0 bridgehead atoms. The smallest absolute Gasteiger partial charge is 0.320 e. The van der Waals surface area contributed by atoms with Crippen molar-refractivity contribution in [3.63, 3.8) is 0 Å². The molecule has 0 aromatic heterocycles. The number of carboxylic acids is 1. The van der Waals surface area contributed by atoms with E-state index in [4.69, 9.17) is 4.74 Å². The van der Waals surface area contributed by atoms with Crippen LogP contribution < -0.4 is 4.74 Å². The minimum absolute atomic E-state index is 0.0765. The predicted molar refractivity (Wildman–Crippen MR) is 85.7 cm³/mol. The summed E-state index contributed by atoms with van der Waals surface area (Å²) in [6.45, 7) is 5.49. The van der Waals surface area contributed by atoms with Crippen LogP contribution in [0, 0.1) is 0 Å². The van der Waals surface area contributed by atoms with E-state index in [2.05, 4.69) is 33.8 Å². The molecule has 2 unspecified atom stereocenters. The van der Waals surface area contributed by atoms with E-state index in [0.29, 0.717) is 6.61 Å². The van der Waals surface area contributed by atoms with Crippen LogP contribution in [0.5, 0.6) is 5.75 Å². The highest BCUT2D eigenvalue weighted by Crippen LogP contribution is 2.37. The molecule has 1 heterocycles. The van der Waals surface area contributed by atoms with E-state index in [1.165, 1.54) is 0 Å². The fraction of sp³-hybridized carbons (Fsp3) is 0.562. The molecule has 1 saturated heterocycles. The molecule has 4 nitrogen and oxygen atoms in total. The number of halogens is 1. The number of hydrogen-bond acceptors (Lipinski definition) is 3. The Morgan fingerprint density at radius 3 is 2.90 bits per heavy atom. The lowest BCUT2D eigenvalue weighted by molar-refractivity contribution is -0.143. The molecule has 1 N–H and O–H groups in total. The Morgan fingerprint density at radius 1 is 1.52 bits per heavy atom. The van der Waals surface area contributed by atoms with E-state index in [0.717, 1.165) is 41.6 Å². The zero-order valence-corrected chi connectivity index (χ0v) is 14.1. The van der Waals surface area contributed by atoms with Crippen molar-refractivity contribution in [2.75, 3.05) is 13.2 Å². The molecule has 0 saturated carbocycles. The van der Waals surface area contributed by atoms with Crippen molar-refractivity contribution in [2.45, 2.75) is 45.2 Å². The molecule has 5 heteroatoms. The van der Waals surface area contributed by atoms with Crippen LogP contribution in [0.1, 0.15) is 44.7 Å². The van der Waals surface area contributed by atoms with Gasteiger partial charge in [-0.2, -0.15) is 0 Å². The second-order valence-corrected chi connectivity index (χ2v) is 6.19. The quantitative estimate of drug-likeness (QED) is 0.841. The predicted octanol–water partition coefficient (Wildman–Crippen LogP) is 3.85. The number of benzene rings is 1. The first kappa shape index (κ1) is 16.3. The SMILES string of the molecule is CCOc1ccc(Br)cc1C(CC)N1CCCC1C(=O)O. The van der Waals surface area contributed by atoms with Gasteiger partial charge in [-0.15, -0.1) is 0 Å². The fourth-order valence-electron chi connectivity index (χ4n) is 3.13. The second kappa shape index (κ2) is 7.27. The van der Waals surface area contributed by atoms with Gasteiger partial charge in [0, 0.05) is 16.1 Å². The Kier molecular flexibility index (Phi) is 5.65. The van der Waals surface area contributed by atoms with Crippen LogP contribution in [0.4, 0.5) is 0 Å². The number of hydrogen-bond donors (Lipinski definition) is 1. The Hall–Kier alpha value is -1.07. The van der Waals surface area contributed by atoms with Crippen molar-refractivity contribution in [1.29, 1.82) is 0 Å². The van der Waals surface area contributed by atoms with Gasteiger partial charge in [0.15, 0.2) is 0 Å². The lowest BCUT2D eigenvalue weighted by atomic mass is 10.0. The molecule has 1 aromatic carbocycles. The summed E-state index contributed by atoms with van der Waals surface area (Å²) < 4.78 is 6.73. The van der Waals surface area contributed by atoms with Gasteiger partial charge in [0.25, 0.3) is 0 Å². The van der Waals surface area contributed by atoms with E-state index in [1.807, 2.05) is 19.1 Å². The van der Waals surface area contributed by atoms with Gasteiger partial charge < -0.3 is 9.84 Å². The van der Waals surface area contributed by atoms with Crippen LogP contribution in [0.15, 0.2) is 22.7 Å². The van der Waals surface area contributed by atoms with E-state index in [1.54, 1.807) is 0 Å². The molecule has 1 aromatic rings. The van der Waals surface area contributed by atoms with Gasteiger partial charge in [0.2, 0.25) is 0 Å².